The molecule has 0 aromatic heterocycles. The summed E-state index contributed by atoms with van der Waals surface area (Å²) in [7, 11) is 0. The van der Waals surface area contributed by atoms with Crippen LogP contribution in [0, 0.1) is 12.8 Å². The third-order valence-electron chi connectivity index (χ3n) is 4.68. The second-order valence-corrected chi connectivity index (χ2v) is 7.04. The molecular formula is C18H27N3O2. The van der Waals surface area contributed by atoms with E-state index >= 15 is 0 Å². The summed E-state index contributed by atoms with van der Waals surface area (Å²) in [6, 6.07) is 7.80. The fraction of sp³-hybridized carbons (Fsp3) is 0.556. The van der Waals surface area contributed by atoms with E-state index in [9.17, 15) is 9.59 Å². The number of nitrogens with one attached hydrogen (secondary N) is 1. The number of nitrogens with two attached hydrogens (primary N) is 1. The van der Waals surface area contributed by atoms with Gasteiger partial charge in [0.05, 0.1) is 5.92 Å². The Kier molecular flexibility index (Phi) is 5.29. The van der Waals surface area contributed by atoms with Crippen molar-refractivity contribution < 1.29 is 9.59 Å². The van der Waals surface area contributed by atoms with Crippen LogP contribution in [0.2, 0.25) is 0 Å². The van der Waals surface area contributed by atoms with E-state index in [0.717, 1.165) is 12.8 Å². The van der Waals surface area contributed by atoms with E-state index in [2.05, 4.69) is 38.2 Å². The van der Waals surface area contributed by atoms with Crippen LogP contribution in [0.5, 0.6) is 0 Å². The van der Waals surface area contributed by atoms with Crippen molar-refractivity contribution in [3.8, 4) is 0 Å². The van der Waals surface area contributed by atoms with E-state index in [4.69, 9.17) is 5.73 Å². The largest absolute Gasteiger partial charge is 0.355 e. The van der Waals surface area contributed by atoms with Crippen LogP contribution < -0.4 is 11.1 Å². The third kappa shape index (κ3) is 4.24. The maximum Gasteiger partial charge on any atom is 0.314 e. The van der Waals surface area contributed by atoms with Crippen molar-refractivity contribution in [1.82, 2.24) is 10.2 Å². The summed E-state index contributed by atoms with van der Waals surface area (Å²) in [6.07, 6.45) is 1.63. The van der Waals surface area contributed by atoms with Crippen molar-refractivity contribution in [2.75, 3.05) is 19.6 Å². The first-order valence-corrected chi connectivity index (χ1v) is 8.19. The van der Waals surface area contributed by atoms with Gasteiger partial charge in [-0.2, -0.15) is 0 Å². The van der Waals surface area contributed by atoms with Crippen LogP contribution in [0.1, 0.15) is 37.8 Å². The molecule has 1 heterocycles. The first-order chi connectivity index (χ1) is 10.8. The number of primary amides is 1. The van der Waals surface area contributed by atoms with Gasteiger partial charge in [-0.25, -0.2) is 4.79 Å². The second kappa shape index (κ2) is 7.02. The molecule has 23 heavy (non-hydrogen) atoms. The van der Waals surface area contributed by atoms with Crippen LogP contribution in [0.15, 0.2) is 24.3 Å². The lowest BCUT2D eigenvalue weighted by molar-refractivity contribution is -0.126. The first kappa shape index (κ1) is 17.3. The molecule has 1 aromatic carbocycles. The van der Waals surface area contributed by atoms with Crippen molar-refractivity contribution in [3.63, 3.8) is 0 Å². The molecule has 0 aliphatic carbocycles. The number of amides is 3. The number of piperidine rings is 1. The quantitative estimate of drug-likeness (QED) is 0.893. The van der Waals surface area contributed by atoms with Crippen molar-refractivity contribution >= 4 is 11.9 Å². The van der Waals surface area contributed by atoms with Gasteiger partial charge in [0.25, 0.3) is 0 Å². The summed E-state index contributed by atoms with van der Waals surface area (Å²) in [5.74, 6) is -0.151. The lowest BCUT2D eigenvalue weighted by Gasteiger charge is -2.32. The summed E-state index contributed by atoms with van der Waals surface area (Å²) in [6.45, 7) is 7.99. The fourth-order valence-corrected chi connectivity index (χ4v) is 3.27. The zero-order valence-corrected chi connectivity index (χ0v) is 14.3. The fourth-order valence-electron chi connectivity index (χ4n) is 3.27. The Balaban J connectivity index is 1.96. The average molecular weight is 317 g/mol. The van der Waals surface area contributed by atoms with Crippen LogP contribution >= 0.6 is 0 Å². The normalized spacial score (nSPS) is 18.6. The zero-order chi connectivity index (χ0) is 17.0. The summed E-state index contributed by atoms with van der Waals surface area (Å²) in [5.41, 5.74) is 7.65. The maximum atomic E-state index is 12.4. The molecule has 0 saturated carbocycles. The summed E-state index contributed by atoms with van der Waals surface area (Å²) in [5, 5.41) is 3.06. The Labute approximate surface area is 138 Å². The molecule has 1 saturated heterocycles. The van der Waals surface area contributed by atoms with E-state index in [1.807, 2.05) is 12.1 Å². The predicted octanol–water partition coefficient (Wildman–Crippen LogP) is 2.18. The van der Waals surface area contributed by atoms with Gasteiger partial charge in [0.1, 0.15) is 0 Å². The van der Waals surface area contributed by atoms with Crippen molar-refractivity contribution in [2.45, 2.75) is 39.0 Å². The van der Waals surface area contributed by atoms with Crippen molar-refractivity contribution in [1.29, 1.82) is 0 Å². The Bertz CT molecular complexity index is 583. The Morgan fingerprint density at radius 2 is 2.04 bits per heavy atom. The highest BCUT2D eigenvalue weighted by atomic mass is 16.2. The van der Waals surface area contributed by atoms with E-state index in [0.29, 0.717) is 19.6 Å². The number of rotatable bonds is 4. The number of nitrogens with zero attached hydrogens (tertiary/aromatic N) is 1. The number of carbonyl (C=O) groups is 2. The van der Waals surface area contributed by atoms with Crippen molar-refractivity contribution in [2.24, 2.45) is 11.7 Å². The molecule has 0 radical (unpaired) electrons. The number of hydrogen-bond donors (Lipinski definition) is 2. The molecule has 5 heteroatoms. The van der Waals surface area contributed by atoms with Crippen LogP contribution in [-0.4, -0.2) is 36.5 Å². The highest BCUT2D eigenvalue weighted by molar-refractivity contribution is 5.80. The molecule has 3 amide bonds. The van der Waals surface area contributed by atoms with Gasteiger partial charge >= 0.3 is 6.03 Å². The molecule has 1 aliphatic heterocycles. The standard InChI is InChI=1S/C18H27N3O2/c1-13-7-4-5-9-15(13)18(2,3)12-20-16(22)14-8-6-10-21(11-14)17(19)23/h4-5,7,9,14H,6,8,10-12H2,1-3H3,(H2,19,23)(H,20,22). The van der Waals surface area contributed by atoms with Gasteiger partial charge in [-0.1, -0.05) is 38.1 Å². The highest BCUT2D eigenvalue weighted by Crippen LogP contribution is 2.25. The minimum atomic E-state index is -0.442. The van der Waals surface area contributed by atoms with E-state index in [1.54, 1.807) is 4.90 Å². The minimum Gasteiger partial charge on any atom is -0.355 e. The molecule has 1 fully saturated rings. The lowest BCUT2D eigenvalue weighted by atomic mass is 9.82. The minimum absolute atomic E-state index is 0.0117. The number of urea groups is 1. The van der Waals surface area contributed by atoms with Crippen LogP contribution in [0.4, 0.5) is 4.79 Å². The Morgan fingerprint density at radius 3 is 2.70 bits per heavy atom. The highest BCUT2D eigenvalue weighted by Gasteiger charge is 2.29. The van der Waals surface area contributed by atoms with Gasteiger partial charge in [-0.15, -0.1) is 0 Å². The molecule has 2 rings (SSSR count). The molecular weight excluding hydrogens is 290 g/mol. The molecule has 0 spiro atoms. The summed E-state index contributed by atoms with van der Waals surface area (Å²) in [4.78, 5) is 25.3. The summed E-state index contributed by atoms with van der Waals surface area (Å²) >= 11 is 0. The Morgan fingerprint density at radius 1 is 1.35 bits per heavy atom. The van der Waals surface area contributed by atoms with Crippen LogP contribution in [-0.2, 0) is 10.2 Å². The second-order valence-electron chi connectivity index (χ2n) is 7.04. The number of hydrogen-bond acceptors (Lipinski definition) is 2. The van der Waals surface area contributed by atoms with Gasteiger partial charge < -0.3 is 16.0 Å². The molecule has 126 valence electrons. The number of benzene rings is 1. The van der Waals surface area contributed by atoms with E-state index in [1.165, 1.54) is 11.1 Å². The SMILES string of the molecule is Cc1ccccc1C(C)(C)CNC(=O)C1CCCN(C(N)=O)C1. The molecule has 1 unspecified atom stereocenters. The third-order valence-corrected chi connectivity index (χ3v) is 4.68. The topological polar surface area (TPSA) is 75.4 Å². The van der Waals surface area contributed by atoms with Crippen LogP contribution in [0.25, 0.3) is 0 Å². The van der Waals surface area contributed by atoms with Crippen LogP contribution in [0.3, 0.4) is 0 Å². The van der Waals surface area contributed by atoms with Gasteiger partial charge in [0.2, 0.25) is 5.91 Å². The van der Waals surface area contributed by atoms with Gasteiger partial charge in [-0.3, -0.25) is 4.79 Å². The predicted molar refractivity (Wildman–Crippen MR) is 91.1 cm³/mol. The van der Waals surface area contributed by atoms with Gasteiger partial charge in [0, 0.05) is 25.0 Å². The molecule has 1 aliphatic rings. The molecule has 1 atom stereocenters. The maximum absolute atomic E-state index is 12.4. The Hall–Kier alpha value is -2.04. The lowest BCUT2D eigenvalue weighted by Crippen LogP contribution is -2.48. The number of aryl methyl sites for hydroxylation is 1. The molecule has 3 N–H and O–H groups in total. The first-order valence-electron chi connectivity index (χ1n) is 8.19. The zero-order valence-electron chi connectivity index (χ0n) is 14.3. The number of carbonyl (C=O) groups excluding carboxylic acids is 2. The van der Waals surface area contributed by atoms with Gasteiger partial charge in [-0.05, 0) is 30.9 Å². The van der Waals surface area contributed by atoms with Crippen molar-refractivity contribution in [3.05, 3.63) is 35.4 Å². The molecule has 1 aromatic rings. The monoisotopic (exact) mass is 317 g/mol. The average Bonchev–Trinajstić information content (AvgIpc) is 2.53. The molecule has 5 nitrogen and oxygen atoms in total. The summed E-state index contributed by atoms with van der Waals surface area (Å²) < 4.78 is 0. The van der Waals surface area contributed by atoms with E-state index < -0.39 is 6.03 Å². The smallest absolute Gasteiger partial charge is 0.314 e. The van der Waals surface area contributed by atoms with Gasteiger partial charge in [0.15, 0.2) is 0 Å². The molecule has 0 bridgehead atoms. The number of likely N-dealkylation sites (tertiary alicyclic amines) is 1. The van der Waals surface area contributed by atoms with E-state index in [-0.39, 0.29) is 17.2 Å².